The number of aliphatic hydroxyl groups excluding tert-OH is 5. The fourth-order valence-corrected chi connectivity index (χ4v) is 6.88. The standard InChI is InChI=1S/C40H63N3O15/c1-7-21(3)37(51)43-17-9-15-42-30(45)18-28(41-16-14-27(19-43)55-24(6)44)25-10-12-26(13-11-25)56-40-36(34(49)31(46)23(5)54-40)58-39-35(50)33(48)32(47)29(57-39)20-53-38(52)22(4)8-2/h10-13,21-23,27-29,31-36,39-41,46-50H,7-9,14-20H2,1-6H3,(H,42,45). The summed E-state index contributed by atoms with van der Waals surface area (Å²) in [6.45, 7) is 11.0. The van der Waals surface area contributed by atoms with Gasteiger partial charge in [-0.15, -0.1) is 0 Å². The lowest BCUT2D eigenvalue weighted by atomic mass is 9.97. The first-order valence-electron chi connectivity index (χ1n) is 20.3. The molecule has 0 saturated carbocycles. The lowest BCUT2D eigenvalue weighted by Crippen LogP contribution is -2.64. The third-order valence-corrected chi connectivity index (χ3v) is 11.0. The van der Waals surface area contributed by atoms with Gasteiger partial charge in [0.15, 0.2) is 12.4 Å². The highest BCUT2D eigenvalue weighted by Gasteiger charge is 2.51. The Kier molecular flexibility index (Phi) is 18.1. The van der Waals surface area contributed by atoms with E-state index in [9.17, 15) is 44.7 Å². The van der Waals surface area contributed by atoms with E-state index in [0.717, 1.165) is 5.56 Å². The SMILES string of the molecule is CCC(C)C(=O)OCC1OC(OC2C(Oc3ccc(C4CC(=O)NCCCN(C(=O)C(C)CC)CC(OC(C)=O)CCN4)cc3)OC(C)C(O)C2O)C(O)C(O)C1O. The Morgan fingerprint density at radius 1 is 0.897 bits per heavy atom. The van der Waals surface area contributed by atoms with Crippen LogP contribution in [-0.4, -0.2) is 154 Å². The lowest BCUT2D eigenvalue weighted by Gasteiger charge is -2.45. The number of benzene rings is 1. The molecule has 3 heterocycles. The molecule has 2 amide bonds. The molecule has 58 heavy (non-hydrogen) atoms. The Hall–Kier alpha value is -3.46. The second-order valence-electron chi connectivity index (χ2n) is 15.5. The summed E-state index contributed by atoms with van der Waals surface area (Å²) in [5.74, 6) is -1.60. The molecule has 4 rings (SSSR count). The predicted molar refractivity (Wildman–Crippen MR) is 205 cm³/mol. The van der Waals surface area contributed by atoms with Crippen molar-refractivity contribution in [1.29, 1.82) is 0 Å². The molecule has 0 spiro atoms. The number of rotatable bonds is 12. The molecule has 1 aromatic carbocycles. The largest absolute Gasteiger partial charge is 0.463 e. The number of carbonyl (C=O) groups excluding carboxylic acids is 4. The van der Waals surface area contributed by atoms with Gasteiger partial charge in [0.1, 0.15) is 55.1 Å². The number of hydrogen-bond acceptors (Lipinski definition) is 16. The molecule has 0 radical (unpaired) electrons. The van der Waals surface area contributed by atoms with E-state index in [1.54, 1.807) is 43.0 Å². The van der Waals surface area contributed by atoms with Gasteiger partial charge in [0.25, 0.3) is 0 Å². The van der Waals surface area contributed by atoms with Gasteiger partial charge >= 0.3 is 11.9 Å². The second kappa shape index (κ2) is 22.2. The third kappa shape index (κ3) is 12.8. The summed E-state index contributed by atoms with van der Waals surface area (Å²) in [4.78, 5) is 52.2. The average molecular weight is 826 g/mol. The lowest BCUT2D eigenvalue weighted by molar-refractivity contribution is -0.355. The van der Waals surface area contributed by atoms with Crippen LogP contribution in [0.1, 0.15) is 85.3 Å². The normalized spacial score (nSPS) is 33.9. The Bertz CT molecular complexity index is 1490. The Morgan fingerprint density at radius 3 is 2.24 bits per heavy atom. The fourth-order valence-electron chi connectivity index (χ4n) is 6.88. The maximum absolute atomic E-state index is 13.2. The number of hydrogen-bond donors (Lipinski definition) is 7. The van der Waals surface area contributed by atoms with Crippen LogP contribution in [-0.2, 0) is 42.9 Å². The van der Waals surface area contributed by atoms with E-state index in [4.69, 9.17) is 28.4 Å². The molecular formula is C40H63N3O15. The molecule has 3 aliphatic heterocycles. The summed E-state index contributed by atoms with van der Waals surface area (Å²) in [6, 6.07) is 6.24. The first-order valence-corrected chi connectivity index (χ1v) is 20.3. The molecule has 14 unspecified atom stereocenters. The molecule has 18 nitrogen and oxygen atoms in total. The van der Waals surface area contributed by atoms with Crippen LogP contribution in [0.25, 0.3) is 0 Å². The van der Waals surface area contributed by atoms with Crippen molar-refractivity contribution in [3.8, 4) is 5.75 Å². The van der Waals surface area contributed by atoms with Crippen molar-refractivity contribution in [3.05, 3.63) is 29.8 Å². The number of amides is 2. The Labute approximate surface area is 339 Å². The van der Waals surface area contributed by atoms with E-state index in [0.29, 0.717) is 45.3 Å². The van der Waals surface area contributed by atoms with Crippen LogP contribution in [0, 0.1) is 11.8 Å². The Balaban J connectivity index is 1.47. The van der Waals surface area contributed by atoms with Gasteiger partial charge in [0.2, 0.25) is 18.1 Å². The minimum atomic E-state index is -1.81. The van der Waals surface area contributed by atoms with Crippen molar-refractivity contribution in [2.75, 3.05) is 32.8 Å². The number of carbonyl (C=O) groups is 4. The molecule has 3 fully saturated rings. The molecule has 0 aromatic heterocycles. The highest BCUT2D eigenvalue weighted by Crippen LogP contribution is 2.31. The van der Waals surface area contributed by atoms with Crippen LogP contribution < -0.4 is 15.4 Å². The Morgan fingerprint density at radius 2 is 1.59 bits per heavy atom. The molecule has 0 bridgehead atoms. The van der Waals surface area contributed by atoms with E-state index >= 15 is 0 Å². The van der Waals surface area contributed by atoms with Gasteiger partial charge in [-0.1, -0.05) is 39.8 Å². The van der Waals surface area contributed by atoms with Gasteiger partial charge in [-0.25, -0.2) is 0 Å². The fraction of sp³-hybridized carbons (Fsp3) is 0.750. The summed E-state index contributed by atoms with van der Waals surface area (Å²) in [7, 11) is 0. The van der Waals surface area contributed by atoms with E-state index in [-0.39, 0.29) is 36.4 Å². The zero-order chi connectivity index (χ0) is 42.7. The monoisotopic (exact) mass is 825 g/mol. The van der Waals surface area contributed by atoms with Gasteiger partial charge in [-0.05, 0) is 56.8 Å². The minimum Gasteiger partial charge on any atom is -0.463 e. The minimum absolute atomic E-state index is 0.0328. The van der Waals surface area contributed by atoms with E-state index in [1.165, 1.54) is 13.8 Å². The predicted octanol–water partition coefficient (Wildman–Crippen LogP) is 0.0513. The quantitative estimate of drug-likeness (QED) is 0.138. The summed E-state index contributed by atoms with van der Waals surface area (Å²) >= 11 is 0. The van der Waals surface area contributed by atoms with E-state index in [1.807, 2.05) is 13.8 Å². The maximum atomic E-state index is 13.2. The molecule has 328 valence electrons. The average Bonchev–Trinajstić information content (AvgIpc) is 3.21. The van der Waals surface area contributed by atoms with Gasteiger partial charge in [0.05, 0.1) is 18.6 Å². The number of ether oxygens (including phenoxy) is 6. The number of esters is 2. The van der Waals surface area contributed by atoms with Crippen LogP contribution in [0.15, 0.2) is 24.3 Å². The number of nitrogens with one attached hydrogen (secondary N) is 2. The van der Waals surface area contributed by atoms with Crippen molar-refractivity contribution >= 4 is 23.8 Å². The molecule has 0 aliphatic carbocycles. The first-order chi connectivity index (χ1) is 27.5. The first kappa shape index (κ1) is 47.2. The van der Waals surface area contributed by atoms with E-state index in [2.05, 4.69) is 10.6 Å². The van der Waals surface area contributed by atoms with Crippen LogP contribution in [0.4, 0.5) is 0 Å². The van der Waals surface area contributed by atoms with Gasteiger partial charge in [0, 0.05) is 38.4 Å². The molecule has 14 atom stereocenters. The van der Waals surface area contributed by atoms with Gasteiger partial charge < -0.3 is 69.5 Å². The molecule has 7 N–H and O–H groups in total. The highest BCUT2D eigenvalue weighted by molar-refractivity contribution is 5.78. The van der Waals surface area contributed by atoms with Gasteiger partial charge in [-0.2, -0.15) is 0 Å². The summed E-state index contributed by atoms with van der Waals surface area (Å²) in [5, 5.41) is 60.1. The maximum Gasteiger partial charge on any atom is 0.308 e. The summed E-state index contributed by atoms with van der Waals surface area (Å²) in [6.07, 6.45) is -13.4. The van der Waals surface area contributed by atoms with Crippen molar-refractivity contribution in [2.24, 2.45) is 11.8 Å². The molecule has 3 aliphatic rings. The molecule has 18 heteroatoms. The smallest absolute Gasteiger partial charge is 0.308 e. The third-order valence-electron chi connectivity index (χ3n) is 11.0. The number of nitrogens with zero attached hydrogens (tertiary/aromatic N) is 1. The van der Waals surface area contributed by atoms with Gasteiger partial charge in [-0.3, -0.25) is 19.2 Å². The second-order valence-corrected chi connectivity index (χ2v) is 15.5. The van der Waals surface area contributed by atoms with Crippen molar-refractivity contribution in [2.45, 2.75) is 147 Å². The molecular weight excluding hydrogens is 762 g/mol. The topological polar surface area (TPSA) is 252 Å². The molecule has 1 aromatic rings. The van der Waals surface area contributed by atoms with Crippen LogP contribution in [0.5, 0.6) is 5.75 Å². The zero-order valence-electron chi connectivity index (χ0n) is 34.2. The van der Waals surface area contributed by atoms with Crippen LogP contribution in [0.3, 0.4) is 0 Å². The summed E-state index contributed by atoms with van der Waals surface area (Å²) in [5.41, 5.74) is 0.725. The van der Waals surface area contributed by atoms with Crippen molar-refractivity contribution < 1.29 is 73.1 Å². The van der Waals surface area contributed by atoms with Crippen LogP contribution in [0.2, 0.25) is 0 Å². The van der Waals surface area contributed by atoms with Crippen molar-refractivity contribution in [1.82, 2.24) is 15.5 Å². The number of aliphatic hydroxyl groups is 5. The van der Waals surface area contributed by atoms with Crippen LogP contribution >= 0.6 is 0 Å². The molecule has 3 saturated heterocycles. The zero-order valence-corrected chi connectivity index (χ0v) is 34.2. The summed E-state index contributed by atoms with van der Waals surface area (Å²) < 4.78 is 34.5. The van der Waals surface area contributed by atoms with E-state index < -0.39 is 98.0 Å². The van der Waals surface area contributed by atoms with Crippen molar-refractivity contribution in [3.63, 3.8) is 0 Å². The highest BCUT2D eigenvalue weighted by atomic mass is 16.8.